The minimum atomic E-state index is -0.709. The predicted octanol–water partition coefficient (Wildman–Crippen LogP) is 0.681. The molecule has 1 aromatic carbocycles. The molecule has 2 rings (SSSR count). The standard InChI is InChI=1S/C15H14N2O5/c1-21-14(19)8-16-13(18)9-22-15(20)12-7-6-10-4-2-3-5-11(10)17-12/h2-7H,8-9H2,1H3,(H,16,18). The normalized spacial score (nSPS) is 10.0. The average Bonchev–Trinajstić information content (AvgIpc) is 2.56. The topological polar surface area (TPSA) is 94.6 Å². The van der Waals surface area contributed by atoms with E-state index in [2.05, 4.69) is 15.0 Å². The van der Waals surface area contributed by atoms with Crippen LogP contribution < -0.4 is 5.32 Å². The van der Waals surface area contributed by atoms with Gasteiger partial charge in [-0.25, -0.2) is 9.78 Å². The molecule has 0 atom stereocenters. The van der Waals surface area contributed by atoms with Crippen molar-refractivity contribution < 1.29 is 23.9 Å². The van der Waals surface area contributed by atoms with E-state index in [1.807, 2.05) is 18.2 Å². The van der Waals surface area contributed by atoms with Gasteiger partial charge < -0.3 is 14.8 Å². The molecule has 22 heavy (non-hydrogen) atoms. The fourth-order valence-electron chi connectivity index (χ4n) is 1.68. The molecule has 0 aliphatic carbocycles. The molecule has 2 aromatic rings. The van der Waals surface area contributed by atoms with Gasteiger partial charge in [0.2, 0.25) is 0 Å². The zero-order valence-corrected chi connectivity index (χ0v) is 11.9. The highest BCUT2D eigenvalue weighted by Crippen LogP contribution is 2.12. The minimum Gasteiger partial charge on any atom is -0.468 e. The Kier molecular flexibility index (Phi) is 5.02. The van der Waals surface area contributed by atoms with Crippen LogP contribution in [0.3, 0.4) is 0 Å². The number of esters is 2. The van der Waals surface area contributed by atoms with E-state index in [-0.39, 0.29) is 12.2 Å². The molecular formula is C15H14N2O5. The molecule has 1 N–H and O–H groups in total. The van der Waals surface area contributed by atoms with Crippen molar-refractivity contribution in [1.82, 2.24) is 10.3 Å². The Bertz CT molecular complexity index is 714. The van der Waals surface area contributed by atoms with E-state index in [0.29, 0.717) is 5.52 Å². The van der Waals surface area contributed by atoms with Crippen molar-refractivity contribution in [3.05, 3.63) is 42.1 Å². The SMILES string of the molecule is COC(=O)CNC(=O)COC(=O)c1ccc2ccccc2n1. The summed E-state index contributed by atoms with van der Waals surface area (Å²) in [7, 11) is 1.21. The molecule has 0 aliphatic heterocycles. The first-order chi connectivity index (χ1) is 10.6. The van der Waals surface area contributed by atoms with Gasteiger partial charge in [-0.1, -0.05) is 24.3 Å². The van der Waals surface area contributed by atoms with Crippen molar-refractivity contribution >= 4 is 28.7 Å². The van der Waals surface area contributed by atoms with Crippen LogP contribution in [0.15, 0.2) is 36.4 Å². The van der Waals surface area contributed by atoms with Gasteiger partial charge in [-0.05, 0) is 12.1 Å². The highest BCUT2D eigenvalue weighted by molar-refractivity contribution is 5.92. The van der Waals surface area contributed by atoms with E-state index in [9.17, 15) is 14.4 Å². The number of ether oxygens (including phenoxy) is 2. The maximum atomic E-state index is 11.8. The molecule has 0 radical (unpaired) electrons. The number of nitrogens with one attached hydrogen (secondary N) is 1. The molecule has 0 fully saturated rings. The highest BCUT2D eigenvalue weighted by atomic mass is 16.5. The van der Waals surface area contributed by atoms with Gasteiger partial charge in [-0.2, -0.15) is 0 Å². The number of nitrogens with zero attached hydrogens (tertiary/aromatic N) is 1. The molecule has 114 valence electrons. The molecule has 7 heteroatoms. The van der Waals surface area contributed by atoms with Crippen molar-refractivity contribution in [2.45, 2.75) is 0 Å². The second kappa shape index (κ2) is 7.16. The third-order valence-electron chi connectivity index (χ3n) is 2.80. The van der Waals surface area contributed by atoms with Crippen LogP contribution in [0.4, 0.5) is 0 Å². The Balaban J connectivity index is 1.91. The Labute approximate surface area is 126 Å². The number of aromatic nitrogens is 1. The second-order valence-electron chi connectivity index (χ2n) is 4.32. The Hall–Kier alpha value is -2.96. The molecule has 1 aromatic heterocycles. The lowest BCUT2D eigenvalue weighted by molar-refractivity contribution is -0.141. The van der Waals surface area contributed by atoms with Gasteiger partial charge in [-0.15, -0.1) is 0 Å². The van der Waals surface area contributed by atoms with Crippen LogP contribution in [0.25, 0.3) is 10.9 Å². The van der Waals surface area contributed by atoms with Crippen LogP contribution in [-0.4, -0.2) is 43.1 Å². The molecule has 0 bridgehead atoms. The largest absolute Gasteiger partial charge is 0.468 e. The van der Waals surface area contributed by atoms with E-state index in [0.717, 1.165) is 5.39 Å². The summed E-state index contributed by atoms with van der Waals surface area (Å²) < 4.78 is 9.20. The lowest BCUT2D eigenvalue weighted by Crippen LogP contribution is -2.33. The third kappa shape index (κ3) is 4.02. The van der Waals surface area contributed by atoms with Crippen molar-refractivity contribution in [2.24, 2.45) is 0 Å². The second-order valence-corrected chi connectivity index (χ2v) is 4.32. The first-order valence-electron chi connectivity index (χ1n) is 6.46. The number of para-hydroxylation sites is 1. The maximum absolute atomic E-state index is 11.8. The number of pyridine rings is 1. The number of benzene rings is 1. The number of amides is 1. The summed E-state index contributed by atoms with van der Waals surface area (Å²) in [5, 5.41) is 3.16. The predicted molar refractivity (Wildman–Crippen MR) is 77.1 cm³/mol. The molecule has 0 spiro atoms. The highest BCUT2D eigenvalue weighted by Gasteiger charge is 2.12. The van der Waals surface area contributed by atoms with Crippen molar-refractivity contribution in [2.75, 3.05) is 20.3 Å². The summed E-state index contributed by atoms with van der Waals surface area (Å²) in [4.78, 5) is 38.2. The third-order valence-corrected chi connectivity index (χ3v) is 2.80. The molecule has 0 aliphatic rings. The summed E-state index contributed by atoms with van der Waals surface area (Å²) in [5.74, 6) is -1.89. The number of rotatable bonds is 5. The van der Waals surface area contributed by atoms with E-state index in [1.165, 1.54) is 13.2 Å². The Morgan fingerprint density at radius 2 is 1.91 bits per heavy atom. The molecular weight excluding hydrogens is 288 g/mol. The molecule has 1 heterocycles. The molecule has 0 saturated heterocycles. The number of methoxy groups -OCH3 is 1. The summed E-state index contributed by atoms with van der Waals surface area (Å²) in [5.41, 5.74) is 0.770. The summed E-state index contributed by atoms with van der Waals surface area (Å²) in [6, 6.07) is 10.6. The Morgan fingerprint density at radius 3 is 2.68 bits per heavy atom. The van der Waals surface area contributed by atoms with Gasteiger partial charge in [0, 0.05) is 5.39 Å². The number of hydrogen-bond acceptors (Lipinski definition) is 6. The fraction of sp³-hybridized carbons (Fsp3) is 0.200. The number of hydrogen-bond donors (Lipinski definition) is 1. The van der Waals surface area contributed by atoms with Crippen molar-refractivity contribution in [3.63, 3.8) is 0 Å². The smallest absolute Gasteiger partial charge is 0.357 e. The summed E-state index contributed by atoms with van der Waals surface area (Å²) in [6.07, 6.45) is 0. The maximum Gasteiger partial charge on any atom is 0.357 e. The summed E-state index contributed by atoms with van der Waals surface area (Å²) >= 11 is 0. The van der Waals surface area contributed by atoms with Crippen LogP contribution in [0, 0.1) is 0 Å². The molecule has 0 unspecified atom stereocenters. The van der Waals surface area contributed by atoms with Gasteiger partial charge >= 0.3 is 11.9 Å². The molecule has 0 saturated carbocycles. The Morgan fingerprint density at radius 1 is 1.14 bits per heavy atom. The molecule has 7 nitrogen and oxygen atoms in total. The van der Waals surface area contributed by atoms with E-state index >= 15 is 0 Å². The van der Waals surface area contributed by atoms with Gasteiger partial charge in [0.25, 0.3) is 5.91 Å². The van der Waals surface area contributed by atoms with E-state index < -0.39 is 24.5 Å². The zero-order valence-electron chi connectivity index (χ0n) is 11.9. The van der Waals surface area contributed by atoms with Crippen LogP contribution in [-0.2, 0) is 19.1 Å². The fourth-order valence-corrected chi connectivity index (χ4v) is 1.68. The van der Waals surface area contributed by atoms with Crippen LogP contribution in [0.1, 0.15) is 10.5 Å². The van der Waals surface area contributed by atoms with Crippen LogP contribution in [0.5, 0.6) is 0 Å². The first kappa shape index (κ1) is 15.4. The van der Waals surface area contributed by atoms with Crippen LogP contribution in [0.2, 0.25) is 0 Å². The first-order valence-corrected chi connectivity index (χ1v) is 6.46. The van der Waals surface area contributed by atoms with Gasteiger partial charge in [0.1, 0.15) is 12.2 Å². The molecule has 1 amide bonds. The minimum absolute atomic E-state index is 0.111. The van der Waals surface area contributed by atoms with E-state index in [1.54, 1.807) is 12.1 Å². The monoisotopic (exact) mass is 302 g/mol. The lowest BCUT2D eigenvalue weighted by Gasteiger charge is -2.06. The number of fused-ring (bicyclic) bond motifs is 1. The van der Waals surface area contributed by atoms with Crippen molar-refractivity contribution in [1.29, 1.82) is 0 Å². The van der Waals surface area contributed by atoms with Crippen molar-refractivity contribution in [3.8, 4) is 0 Å². The van der Waals surface area contributed by atoms with Gasteiger partial charge in [0.15, 0.2) is 6.61 Å². The summed E-state index contributed by atoms with van der Waals surface area (Å²) in [6.45, 7) is -0.772. The van der Waals surface area contributed by atoms with Crippen LogP contribution >= 0.6 is 0 Å². The average molecular weight is 302 g/mol. The quantitative estimate of drug-likeness (QED) is 0.816. The zero-order chi connectivity index (χ0) is 15.9. The van der Waals surface area contributed by atoms with Gasteiger partial charge in [0.05, 0.1) is 12.6 Å². The lowest BCUT2D eigenvalue weighted by atomic mass is 10.2. The number of carbonyl (C=O) groups is 3. The van der Waals surface area contributed by atoms with Gasteiger partial charge in [-0.3, -0.25) is 9.59 Å². The van der Waals surface area contributed by atoms with E-state index in [4.69, 9.17) is 4.74 Å². The number of carbonyl (C=O) groups excluding carboxylic acids is 3.